The van der Waals surface area contributed by atoms with E-state index in [1.54, 1.807) is 0 Å². The number of fused-ring (bicyclic) bond motifs is 3. The van der Waals surface area contributed by atoms with Crippen LogP contribution in [-0.2, 0) is 19.4 Å². The highest BCUT2D eigenvalue weighted by molar-refractivity contribution is 5.87. The van der Waals surface area contributed by atoms with Gasteiger partial charge in [0.25, 0.3) is 0 Å². The van der Waals surface area contributed by atoms with E-state index < -0.39 is 0 Å². The van der Waals surface area contributed by atoms with Crippen LogP contribution in [0.5, 0.6) is 5.75 Å². The highest BCUT2D eigenvalue weighted by Crippen LogP contribution is 2.34. The third kappa shape index (κ3) is 2.52. The van der Waals surface area contributed by atoms with E-state index in [0.29, 0.717) is 17.7 Å². The van der Waals surface area contributed by atoms with Crippen molar-refractivity contribution < 1.29 is 9.52 Å². The zero-order valence-corrected chi connectivity index (χ0v) is 13.5. The fourth-order valence-corrected chi connectivity index (χ4v) is 3.43. The number of aromatic hydroxyl groups is 1. The van der Waals surface area contributed by atoms with E-state index in [0.717, 1.165) is 54.2 Å². The van der Waals surface area contributed by atoms with E-state index in [9.17, 15) is 9.90 Å². The highest BCUT2D eigenvalue weighted by Gasteiger charge is 2.20. The molecule has 3 rings (SSSR count). The van der Waals surface area contributed by atoms with Crippen LogP contribution in [0.25, 0.3) is 11.0 Å². The van der Waals surface area contributed by atoms with Crippen molar-refractivity contribution in [2.45, 2.75) is 45.6 Å². The molecule has 4 nitrogen and oxygen atoms in total. The molecule has 22 heavy (non-hydrogen) atoms. The summed E-state index contributed by atoms with van der Waals surface area (Å²) >= 11 is 0. The van der Waals surface area contributed by atoms with Crippen LogP contribution in [0.3, 0.4) is 0 Å². The van der Waals surface area contributed by atoms with Gasteiger partial charge in [0.2, 0.25) is 0 Å². The second-order valence-corrected chi connectivity index (χ2v) is 6.53. The second-order valence-electron chi connectivity index (χ2n) is 6.53. The van der Waals surface area contributed by atoms with E-state index in [1.165, 1.54) is 0 Å². The van der Waals surface area contributed by atoms with Crippen molar-refractivity contribution in [3.8, 4) is 5.75 Å². The summed E-state index contributed by atoms with van der Waals surface area (Å²) in [6, 6.07) is 2.00. The minimum absolute atomic E-state index is 0.229. The van der Waals surface area contributed by atoms with Crippen LogP contribution in [0.4, 0.5) is 0 Å². The third-order valence-electron chi connectivity index (χ3n) is 4.53. The van der Waals surface area contributed by atoms with Crippen LogP contribution in [0.1, 0.15) is 41.5 Å². The fraction of sp³-hybridized carbons (Fsp3) is 0.500. The summed E-state index contributed by atoms with van der Waals surface area (Å²) in [6.45, 7) is 2.49. The summed E-state index contributed by atoms with van der Waals surface area (Å²) in [4.78, 5) is 14.3. The molecule has 0 aliphatic heterocycles. The Kier molecular flexibility index (Phi) is 3.96. The maximum absolute atomic E-state index is 12.3. The summed E-state index contributed by atoms with van der Waals surface area (Å²) in [5.74, 6) is 0.234. The summed E-state index contributed by atoms with van der Waals surface area (Å²) in [5.41, 5.74) is 3.84. The average molecular weight is 301 g/mol. The molecule has 0 radical (unpaired) electrons. The van der Waals surface area contributed by atoms with Crippen molar-refractivity contribution >= 4 is 11.0 Å². The zero-order valence-electron chi connectivity index (χ0n) is 13.5. The van der Waals surface area contributed by atoms with Crippen LogP contribution in [0.15, 0.2) is 15.3 Å². The molecule has 0 saturated carbocycles. The van der Waals surface area contributed by atoms with Crippen LogP contribution < -0.4 is 5.63 Å². The molecule has 1 aliphatic carbocycles. The van der Waals surface area contributed by atoms with E-state index >= 15 is 0 Å². The minimum Gasteiger partial charge on any atom is -0.507 e. The molecule has 1 aromatic carbocycles. The molecule has 0 atom stereocenters. The Hall–Kier alpha value is -1.81. The van der Waals surface area contributed by atoms with Gasteiger partial charge in [-0.2, -0.15) is 0 Å². The molecule has 118 valence electrons. The van der Waals surface area contributed by atoms with Crippen LogP contribution in [0.2, 0.25) is 0 Å². The van der Waals surface area contributed by atoms with Gasteiger partial charge in [-0.3, -0.25) is 0 Å². The first-order valence-corrected chi connectivity index (χ1v) is 7.93. The standard InChI is InChI=1S/C18H23NO3/c1-11-16(20)12(10-19(2)3)9-15-13-7-5-4-6-8-14(13)18(21)22-17(11)15/h9,20H,4-8,10H2,1-3H3. The van der Waals surface area contributed by atoms with E-state index in [-0.39, 0.29) is 11.4 Å². The topological polar surface area (TPSA) is 53.7 Å². The fourth-order valence-electron chi connectivity index (χ4n) is 3.43. The largest absolute Gasteiger partial charge is 0.507 e. The van der Waals surface area contributed by atoms with E-state index in [1.807, 2.05) is 32.0 Å². The number of hydrogen-bond donors (Lipinski definition) is 1. The molecule has 0 fully saturated rings. The Labute approximate surface area is 130 Å². The van der Waals surface area contributed by atoms with Crippen molar-refractivity contribution in [2.24, 2.45) is 0 Å². The van der Waals surface area contributed by atoms with Gasteiger partial charge in [0.1, 0.15) is 11.3 Å². The number of benzene rings is 1. The van der Waals surface area contributed by atoms with Gasteiger partial charge >= 0.3 is 5.63 Å². The van der Waals surface area contributed by atoms with Crippen molar-refractivity contribution in [3.05, 3.63) is 38.7 Å². The van der Waals surface area contributed by atoms with Crippen LogP contribution >= 0.6 is 0 Å². The molecule has 0 spiro atoms. The van der Waals surface area contributed by atoms with Gasteiger partial charge in [-0.15, -0.1) is 0 Å². The molecule has 0 saturated heterocycles. The van der Waals surface area contributed by atoms with Gasteiger partial charge in [0.05, 0.1) is 0 Å². The molecule has 4 heteroatoms. The Balaban J connectivity index is 2.32. The summed E-state index contributed by atoms with van der Waals surface area (Å²) < 4.78 is 5.56. The monoisotopic (exact) mass is 301 g/mol. The number of rotatable bonds is 2. The van der Waals surface area contributed by atoms with Gasteiger partial charge in [0.15, 0.2) is 0 Å². The summed E-state index contributed by atoms with van der Waals surface area (Å²) in [7, 11) is 3.95. The minimum atomic E-state index is -0.229. The van der Waals surface area contributed by atoms with Crippen molar-refractivity contribution in [1.82, 2.24) is 4.90 Å². The Morgan fingerprint density at radius 2 is 1.86 bits per heavy atom. The lowest BCUT2D eigenvalue weighted by Gasteiger charge is -2.16. The van der Waals surface area contributed by atoms with Crippen molar-refractivity contribution in [3.63, 3.8) is 0 Å². The molecule has 1 aromatic heterocycles. The Morgan fingerprint density at radius 3 is 2.55 bits per heavy atom. The molecular weight excluding hydrogens is 278 g/mol. The number of nitrogens with zero attached hydrogens (tertiary/aromatic N) is 1. The van der Waals surface area contributed by atoms with E-state index in [2.05, 4.69) is 0 Å². The zero-order chi connectivity index (χ0) is 15.9. The molecule has 0 unspecified atom stereocenters. The summed E-state index contributed by atoms with van der Waals surface area (Å²) in [5, 5.41) is 11.4. The predicted octanol–water partition coefficient (Wildman–Crippen LogP) is 3.14. The van der Waals surface area contributed by atoms with Gasteiger partial charge in [-0.25, -0.2) is 4.79 Å². The second kappa shape index (κ2) is 5.76. The maximum Gasteiger partial charge on any atom is 0.339 e. The molecule has 1 heterocycles. The maximum atomic E-state index is 12.3. The molecule has 0 bridgehead atoms. The quantitative estimate of drug-likeness (QED) is 0.684. The van der Waals surface area contributed by atoms with E-state index in [4.69, 9.17) is 4.42 Å². The van der Waals surface area contributed by atoms with Gasteiger partial charge < -0.3 is 14.4 Å². The lowest BCUT2D eigenvalue weighted by molar-refractivity contribution is 0.384. The van der Waals surface area contributed by atoms with Crippen LogP contribution in [-0.4, -0.2) is 24.1 Å². The first kappa shape index (κ1) is 15.1. The van der Waals surface area contributed by atoms with Gasteiger partial charge in [-0.05, 0) is 58.3 Å². The van der Waals surface area contributed by atoms with Crippen LogP contribution in [0, 0.1) is 6.92 Å². The number of phenols is 1. The number of phenolic OH excluding ortho intramolecular Hbond substituents is 1. The number of hydrogen-bond acceptors (Lipinski definition) is 4. The Morgan fingerprint density at radius 1 is 1.18 bits per heavy atom. The van der Waals surface area contributed by atoms with Crippen molar-refractivity contribution in [1.29, 1.82) is 0 Å². The highest BCUT2D eigenvalue weighted by atomic mass is 16.4. The molecule has 2 aromatic rings. The third-order valence-corrected chi connectivity index (χ3v) is 4.53. The molecule has 1 aliphatic rings. The first-order chi connectivity index (χ1) is 10.5. The lowest BCUT2D eigenvalue weighted by atomic mass is 9.96. The predicted molar refractivity (Wildman–Crippen MR) is 87.5 cm³/mol. The first-order valence-electron chi connectivity index (χ1n) is 7.93. The molecule has 1 N–H and O–H groups in total. The SMILES string of the molecule is Cc1c(O)c(CN(C)C)cc2c3c(c(=O)oc12)CCCCC3. The Bertz CT molecular complexity index is 774. The van der Waals surface area contributed by atoms with Gasteiger partial charge in [0, 0.05) is 28.6 Å². The number of aryl methyl sites for hydroxylation is 2. The normalized spacial score (nSPS) is 15.1. The molecule has 0 amide bonds. The van der Waals surface area contributed by atoms with Crippen molar-refractivity contribution in [2.75, 3.05) is 14.1 Å². The lowest BCUT2D eigenvalue weighted by Crippen LogP contribution is -2.13. The average Bonchev–Trinajstić information content (AvgIpc) is 2.72. The smallest absolute Gasteiger partial charge is 0.339 e. The summed E-state index contributed by atoms with van der Waals surface area (Å²) in [6.07, 6.45) is 5.02. The van der Waals surface area contributed by atoms with Gasteiger partial charge in [-0.1, -0.05) is 6.42 Å². The molecular formula is C18H23NO3.